The molecule has 1 aromatic heterocycles. The molecule has 1 aliphatic rings. The van der Waals surface area contributed by atoms with Crippen molar-refractivity contribution < 1.29 is 9.13 Å². The first-order chi connectivity index (χ1) is 12.4. The quantitative estimate of drug-likeness (QED) is 0.756. The largest absolute Gasteiger partial charge is 0.376 e. The summed E-state index contributed by atoms with van der Waals surface area (Å²) in [6.07, 6.45) is 1.20. The lowest BCUT2D eigenvalue weighted by atomic mass is 9.84. The molecule has 0 bridgehead atoms. The van der Waals surface area contributed by atoms with Gasteiger partial charge in [0.25, 0.3) is 5.56 Å². The number of ether oxygens (including phenoxy) is 1. The van der Waals surface area contributed by atoms with Crippen LogP contribution in [0.2, 0.25) is 5.02 Å². The molecule has 0 atom stereocenters. The summed E-state index contributed by atoms with van der Waals surface area (Å²) in [4.78, 5) is 12.4. The van der Waals surface area contributed by atoms with Gasteiger partial charge in [-0.15, -0.1) is 0 Å². The average molecular weight is 373 g/mol. The molecule has 0 saturated carbocycles. The molecule has 1 fully saturated rings. The van der Waals surface area contributed by atoms with Crippen molar-refractivity contribution in [1.29, 1.82) is 0 Å². The molecule has 134 valence electrons. The third-order valence-corrected chi connectivity index (χ3v) is 5.41. The number of pyridine rings is 1. The first kappa shape index (κ1) is 17.1. The van der Waals surface area contributed by atoms with E-state index in [1.807, 2.05) is 25.1 Å². The van der Waals surface area contributed by atoms with E-state index in [1.165, 1.54) is 10.8 Å². The molecule has 2 heterocycles. The molecule has 0 spiro atoms. The number of nitrogens with zero attached hydrogens (tertiary/aromatic N) is 1. The van der Waals surface area contributed by atoms with Gasteiger partial charge in [-0.1, -0.05) is 23.7 Å². The van der Waals surface area contributed by atoms with E-state index >= 15 is 0 Å². The number of benzene rings is 2. The number of halogens is 2. The molecule has 0 radical (unpaired) electrons. The molecule has 1 aliphatic heterocycles. The molecule has 4 rings (SSSR count). The summed E-state index contributed by atoms with van der Waals surface area (Å²) in [5.74, 6) is -0.416. The highest BCUT2D eigenvalue weighted by molar-refractivity contribution is 6.31. The van der Waals surface area contributed by atoms with Gasteiger partial charge in [-0.05, 0) is 42.3 Å². The maximum absolute atomic E-state index is 14.1. The SMILES string of the molecule is Cc1c(Cl)cccc1C1(Nc2ccc3c(F)cn(C)c(=O)c3c2)COC1. The van der Waals surface area contributed by atoms with E-state index in [0.717, 1.165) is 16.8 Å². The summed E-state index contributed by atoms with van der Waals surface area (Å²) in [5, 5.41) is 4.84. The molecule has 6 heteroatoms. The second kappa shape index (κ2) is 6.11. The molecule has 26 heavy (non-hydrogen) atoms. The summed E-state index contributed by atoms with van der Waals surface area (Å²) in [6, 6.07) is 10.9. The Balaban J connectivity index is 1.80. The molecular weight excluding hydrogens is 355 g/mol. The predicted octanol–water partition coefficient (Wildman–Crippen LogP) is 3.98. The monoisotopic (exact) mass is 372 g/mol. The maximum atomic E-state index is 14.1. The molecule has 0 amide bonds. The average Bonchev–Trinajstić information content (AvgIpc) is 2.59. The molecule has 1 N–H and O–H groups in total. The zero-order valence-corrected chi connectivity index (χ0v) is 15.2. The van der Waals surface area contributed by atoms with Crippen LogP contribution >= 0.6 is 11.6 Å². The van der Waals surface area contributed by atoms with Gasteiger partial charge < -0.3 is 14.6 Å². The van der Waals surface area contributed by atoms with Crippen LogP contribution in [-0.4, -0.2) is 17.8 Å². The maximum Gasteiger partial charge on any atom is 0.258 e. The van der Waals surface area contributed by atoms with Crippen LogP contribution in [0.5, 0.6) is 0 Å². The van der Waals surface area contributed by atoms with Crippen LogP contribution in [-0.2, 0) is 17.3 Å². The fraction of sp³-hybridized carbons (Fsp3) is 0.250. The van der Waals surface area contributed by atoms with E-state index in [-0.39, 0.29) is 5.56 Å². The van der Waals surface area contributed by atoms with Gasteiger partial charge >= 0.3 is 0 Å². The van der Waals surface area contributed by atoms with Gasteiger partial charge in [0.1, 0.15) is 11.4 Å². The second-order valence-corrected chi connectivity index (χ2v) is 7.17. The first-order valence-electron chi connectivity index (χ1n) is 8.32. The zero-order chi connectivity index (χ0) is 18.5. The number of nitrogens with one attached hydrogen (secondary N) is 1. The number of aryl methyl sites for hydroxylation is 1. The van der Waals surface area contributed by atoms with Gasteiger partial charge in [0.05, 0.1) is 18.6 Å². The summed E-state index contributed by atoms with van der Waals surface area (Å²) in [7, 11) is 1.54. The molecule has 0 aliphatic carbocycles. The fourth-order valence-electron chi connectivity index (χ4n) is 3.50. The Morgan fingerprint density at radius 2 is 2.00 bits per heavy atom. The zero-order valence-electron chi connectivity index (χ0n) is 14.5. The highest BCUT2D eigenvalue weighted by Gasteiger charge is 2.41. The van der Waals surface area contributed by atoms with E-state index in [0.29, 0.717) is 29.0 Å². The summed E-state index contributed by atoms with van der Waals surface area (Å²) in [6.45, 7) is 2.96. The summed E-state index contributed by atoms with van der Waals surface area (Å²) < 4.78 is 20.9. The van der Waals surface area contributed by atoms with E-state index in [9.17, 15) is 9.18 Å². The lowest BCUT2D eigenvalue weighted by Gasteiger charge is -2.44. The number of aromatic nitrogens is 1. The van der Waals surface area contributed by atoms with Crippen LogP contribution in [0.3, 0.4) is 0 Å². The highest BCUT2D eigenvalue weighted by Crippen LogP contribution is 2.37. The lowest BCUT2D eigenvalue weighted by molar-refractivity contribution is -0.0449. The topological polar surface area (TPSA) is 43.3 Å². The van der Waals surface area contributed by atoms with Crippen molar-refractivity contribution in [3.8, 4) is 0 Å². The lowest BCUT2D eigenvalue weighted by Crippen LogP contribution is -2.53. The molecule has 4 nitrogen and oxygen atoms in total. The second-order valence-electron chi connectivity index (χ2n) is 6.77. The van der Waals surface area contributed by atoms with Crippen LogP contribution in [0.1, 0.15) is 11.1 Å². The van der Waals surface area contributed by atoms with Crippen molar-refractivity contribution in [2.45, 2.75) is 12.5 Å². The number of hydrogen-bond donors (Lipinski definition) is 1. The van der Waals surface area contributed by atoms with E-state index in [1.54, 1.807) is 25.2 Å². The molecule has 1 saturated heterocycles. The van der Waals surface area contributed by atoms with E-state index in [2.05, 4.69) is 5.32 Å². The van der Waals surface area contributed by atoms with Crippen LogP contribution in [0.25, 0.3) is 10.8 Å². The summed E-state index contributed by atoms with van der Waals surface area (Å²) >= 11 is 6.28. The highest BCUT2D eigenvalue weighted by atomic mass is 35.5. The van der Waals surface area contributed by atoms with Gasteiger partial charge in [-0.2, -0.15) is 0 Å². The van der Waals surface area contributed by atoms with Crippen LogP contribution in [0.15, 0.2) is 47.4 Å². The van der Waals surface area contributed by atoms with Gasteiger partial charge in [-0.3, -0.25) is 4.79 Å². The smallest absolute Gasteiger partial charge is 0.258 e. The van der Waals surface area contributed by atoms with Crippen molar-refractivity contribution in [3.63, 3.8) is 0 Å². The van der Waals surface area contributed by atoms with Crippen molar-refractivity contribution in [3.05, 3.63) is 74.9 Å². The third kappa shape index (κ3) is 2.59. The molecule has 3 aromatic rings. The Kier molecular flexibility index (Phi) is 4.01. The van der Waals surface area contributed by atoms with Crippen molar-refractivity contribution in [2.75, 3.05) is 18.5 Å². The third-order valence-electron chi connectivity index (χ3n) is 5.00. The van der Waals surface area contributed by atoms with Gasteiger partial charge in [0.2, 0.25) is 0 Å². The van der Waals surface area contributed by atoms with Crippen LogP contribution < -0.4 is 10.9 Å². The van der Waals surface area contributed by atoms with Crippen LogP contribution in [0, 0.1) is 12.7 Å². The van der Waals surface area contributed by atoms with Gasteiger partial charge in [0, 0.05) is 29.3 Å². The molecular formula is C20H18ClFN2O2. The van der Waals surface area contributed by atoms with Crippen molar-refractivity contribution in [2.24, 2.45) is 7.05 Å². The number of hydrogen-bond acceptors (Lipinski definition) is 3. The fourth-order valence-corrected chi connectivity index (χ4v) is 3.67. The number of anilines is 1. The summed E-state index contributed by atoms with van der Waals surface area (Å²) in [5.41, 5.74) is 2.14. The first-order valence-corrected chi connectivity index (χ1v) is 8.69. The minimum atomic E-state index is -0.416. The van der Waals surface area contributed by atoms with E-state index < -0.39 is 11.4 Å². The normalized spacial score (nSPS) is 15.7. The van der Waals surface area contributed by atoms with E-state index in [4.69, 9.17) is 16.3 Å². The molecule has 2 aromatic carbocycles. The predicted molar refractivity (Wildman–Crippen MR) is 101 cm³/mol. The Bertz CT molecular complexity index is 1070. The minimum absolute atomic E-state index is 0.233. The van der Waals surface area contributed by atoms with Gasteiger partial charge in [0.15, 0.2) is 0 Å². The number of fused-ring (bicyclic) bond motifs is 1. The standard InChI is InChI=1S/C20H18ClFN2O2/c1-12-16(4-3-5-17(12)21)20(10-26-11-20)23-13-6-7-14-15(8-13)19(25)24(2)9-18(14)22/h3-9,23H,10-11H2,1-2H3. The minimum Gasteiger partial charge on any atom is -0.376 e. The Morgan fingerprint density at radius 1 is 1.23 bits per heavy atom. The van der Waals surface area contributed by atoms with Crippen molar-refractivity contribution >= 4 is 28.1 Å². The molecule has 0 unspecified atom stereocenters. The number of rotatable bonds is 3. The Labute approximate surface area is 155 Å². The van der Waals surface area contributed by atoms with Gasteiger partial charge in [-0.25, -0.2) is 4.39 Å². The Hall–Kier alpha value is -2.37. The Morgan fingerprint density at radius 3 is 2.69 bits per heavy atom. The van der Waals surface area contributed by atoms with Crippen molar-refractivity contribution in [1.82, 2.24) is 4.57 Å². The van der Waals surface area contributed by atoms with Crippen LogP contribution in [0.4, 0.5) is 10.1 Å².